The lowest BCUT2D eigenvalue weighted by Crippen LogP contribution is -2.48. The van der Waals surface area contributed by atoms with Crippen LogP contribution in [-0.2, 0) is 9.59 Å². The molecule has 2 aromatic rings. The number of hydrogen-bond acceptors (Lipinski definition) is 6. The van der Waals surface area contributed by atoms with Gasteiger partial charge in [0.2, 0.25) is 5.91 Å². The molecule has 0 radical (unpaired) electrons. The van der Waals surface area contributed by atoms with Crippen LogP contribution in [0.15, 0.2) is 18.6 Å². The molecule has 0 saturated carbocycles. The first-order valence-electron chi connectivity index (χ1n) is 6.68. The van der Waals surface area contributed by atoms with Gasteiger partial charge in [-0.1, -0.05) is 0 Å². The third kappa shape index (κ3) is 2.28. The van der Waals surface area contributed by atoms with Crippen molar-refractivity contribution in [2.75, 3.05) is 24.7 Å². The second kappa shape index (κ2) is 5.04. The summed E-state index contributed by atoms with van der Waals surface area (Å²) in [5.74, 6) is 0.789. The van der Waals surface area contributed by atoms with E-state index in [0.717, 1.165) is 4.90 Å². The van der Waals surface area contributed by atoms with E-state index in [1.807, 2.05) is 10.6 Å². The fourth-order valence-corrected chi connectivity index (χ4v) is 2.36. The first-order chi connectivity index (χ1) is 10.1. The standard InChI is InChI=1S/C13H16N6O2/c1-14-9-7-19-6-5-15-12(19)11(17-9)16-8-3-4-10(20)18(2)13(8)21/h5-8,14H,3-4H2,1-2H3,(H,16,17). The number of imide groups is 1. The Balaban J connectivity index is 1.92. The summed E-state index contributed by atoms with van der Waals surface area (Å²) in [6, 6.07) is -0.465. The highest BCUT2D eigenvalue weighted by Gasteiger charge is 2.32. The minimum absolute atomic E-state index is 0.152. The van der Waals surface area contributed by atoms with Crippen LogP contribution in [0.5, 0.6) is 0 Å². The van der Waals surface area contributed by atoms with E-state index in [4.69, 9.17) is 0 Å². The van der Waals surface area contributed by atoms with Crippen molar-refractivity contribution < 1.29 is 9.59 Å². The fraction of sp³-hybridized carbons (Fsp3) is 0.385. The van der Waals surface area contributed by atoms with Crippen molar-refractivity contribution in [1.82, 2.24) is 19.3 Å². The highest BCUT2D eigenvalue weighted by atomic mass is 16.2. The molecule has 8 heteroatoms. The summed E-state index contributed by atoms with van der Waals surface area (Å²) in [6.45, 7) is 0. The largest absolute Gasteiger partial charge is 0.372 e. The van der Waals surface area contributed by atoms with Crippen molar-refractivity contribution in [3.05, 3.63) is 18.6 Å². The number of hydrogen-bond donors (Lipinski definition) is 2. The van der Waals surface area contributed by atoms with Crippen LogP contribution in [-0.4, -0.2) is 51.2 Å². The molecule has 3 heterocycles. The molecule has 2 amide bonds. The van der Waals surface area contributed by atoms with E-state index >= 15 is 0 Å². The van der Waals surface area contributed by atoms with Gasteiger partial charge in [0.25, 0.3) is 5.91 Å². The van der Waals surface area contributed by atoms with Crippen LogP contribution in [0.25, 0.3) is 5.65 Å². The molecule has 21 heavy (non-hydrogen) atoms. The molecule has 3 rings (SSSR count). The van der Waals surface area contributed by atoms with E-state index < -0.39 is 6.04 Å². The zero-order valence-corrected chi connectivity index (χ0v) is 11.8. The molecule has 1 aliphatic rings. The Hall–Kier alpha value is -2.64. The minimum Gasteiger partial charge on any atom is -0.372 e. The van der Waals surface area contributed by atoms with Gasteiger partial charge < -0.3 is 15.0 Å². The average Bonchev–Trinajstić information content (AvgIpc) is 2.96. The second-order valence-electron chi connectivity index (χ2n) is 4.91. The van der Waals surface area contributed by atoms with Gasteiger partial charge in [0.1, 0.15) is 11.9 Å². The molecule has 2 N–H and O–H groups in total. The quantitative estimate of drug-likeness (QED) is 0.791. The van der Waals surface area contributed by atoms with Crippen LogP contribution in [0.2, 0.25) is 0 Å². The molecule has 2 aromatic heterocycles. The highest BCUT2D eigenvalue weighted by Crippen LogP contribution is 2.20. The third-order valence-electron chi connectivity index (χ3n) is 3.59. The maximum absolute atomic E-state index is 12.1. The van der Waals surface area contributed by atoms with Gasteiger partial charge >= 0.3 is 0 Å². The number of aromatic nitrogens is 3. The first-order valence-corrected chi connectivity index (χ1v) is 6.68. The summed E-state index contributed by atoms with van der Waals surface area (Å²) in [6.07, 6.45) is 6.09. The van der Waals surface area contributed by atoms with Crippen molar-refractivity contribution in [3.8, 4) is 0 Å². The number of fused-ring (bicyclic) bond motifs is 1. The molecular weight excluding hydrogens is 272 g/mol. The molecule has 1 fully saturated rings. The molecule has 1 unspecified atom stereocenters. The molecule has 0 bridgehead atoms. The van der Waals surface area contributed by atoms with Crippen molar-refractivity contribution in [2.24, 2.45) is 0 Å². The second-order valence-corrected chi connectivity index (χ2v) is 4.91. The van der Waals surface area contributed by atoms with Crippen LogP contribution in [0.1, 0.15) is 12.8 Å². The van der Waals surface area contributed by atoms with E-state index in [9.17, 15) is 9.59 Å². The number of piperidine rings is 1. The Morgan fingerprint density at radius 1 is 1.38 bits per heavy atom. The van der Waals surface area contributed by atoms with Gasteiger partial charge in [-0.15, -0.1) is 0 Å². The van der Waals surface area contributed by atoms with Crippen molar-refractivity contribution in [2.45, 2.75) is 18.9 Å². The smallest absolute Gasteiger partial charge is 0.251 e. The van der Waals surface area contributed by atoms with E-state index in [2.05, 4.69) is 20.6 Å². The van der Waals surface area contributed by atoms with Gasteiger partial charge in [0, 0.05) is 32.9 Å². The molecule has 0 aliphatic carbocycles. The topological polar surface area (TPSA) is 91.6 Å². The highest BCUT2D eigenvalue weighted by molar-refractivity contribution is 6.01. The monoisotopic (exact) mass is 288 g/mol. The number of likely N-dealkylation sites (N-methyl/N-ethyl adjacent to an activating group) is 1. The summed E-state index contributed by atoms with van der Waals surface area (Å²) in [5.41, 5.74) is 0.640. The van der Waals surface area contributed by atoms with Crippen LogP contribution in [0.3, 0.4) is 0 Å². The molecule has 1 saturated heterocycles. The van der Waals surface area contributed by atoms with E-state index in [1.165, 1.54) is 7.05 Å². The van der Waals surface area contributed by atoms with Crippen molar-refractivity contribution >= 4 is 29.1 Å². The van der Waals surface area contributed by atoms with Crippen molar-refractivity contribution in [1.29, 1.82) is 0 Å². The summed E-state index contributed by atoms with van der Waals surface area (Å²) in [7, 11) is 3.27. The van der Waals surface area contributed by atoms with E-state index in [-0.39, 0.29) is 11.8 Å². The van der Waals surface area contributed by atoms with Gasteiger partial charge in [0.05, 0.1) is 6.20 Å². The van der Waals surface area contributed by atoms with Gasteiger partial charge in [-0.25, -0.2) is 9.97 Å². The van der Waals surface area contributed by atoms with E-state index in [0.29, 0.717) is 30.1 Å². The lowest BCUT2D eigenvalue weighted by Gasteiger charge is -2.28. The van der Waals surface area contributed by atoms with Gasteiger partial charge in [-0.3, -0.25) is 14.5 Å². The maximum atomic E-state index is 12.1. The Labute approximate surface area is 121 Å². The van der Waals surface area contributed by atoms with Crippen LogP contribution < -0.4 is 10.6 Å². The molecule has 8 nitrogen and oxygen atoms in total. The minimum atomic E-state index is -0.465. The molecule has 110 valence electrons. The Morgan fingerprint density at radius 3 is 2.95 bits per heavy atom. The normalized spacial score (nSPS) is 19.1. The molecule has 0 aromatic carbocycles. The van der Waals surface area contributed by atoms with Gasteiger partial charge in [-0.05, 0) is 6.42 Å². The molecule has 0 spiro atoms. The maximum Gasteiger partial charge on any atom is 0.251 e. The number of carbonyl (C=O) groups is 2. The summed E-state index contributed by atoms with van der Waals surface area (Å²) < 4.78 is 1.82. The molecule has 1 aliphatic heterocycles. The van der Waals surface area contributed by atoms with Crippen LogP contribution in [0, 0.1) is 0 Å². The third-order valence-corrected chi connectivity index (χ3v) is 3.59. The Morgan fingerprint density at radius 2 is 2.19 bits per heavy atom. The number of rotatable bonds is 3. The first kappa shape index (κ1) is 13.3. The van der Waals surface area contributed by atoms with E-state index in [1.54, 1.807) is 19.4 Å². The summed E-state index contributed by atoms with van der Waals surface area (Å²) in [5, 5.41) is 6.07. The predicted octanol–water partition coefficient (Wildman–Crippen LogP) is 0.330. The molecule has 1 atom stereocenters. The zero-order valence-electron chi connectivity index (χ0n) is 11.8. The van der Waals surface area contributed by atoms with Crippen LogP contribution >= 0.6 is 0 Å². The number of anilines is 2. The average molecular weight is 288 g/mol. The van der Waals surface area contributed by atoms with Gasteiger partial charge in [-0.2, -0.15) is 0 Å². The number of imidazole rings is 1. The number of nitrogens with one attached hydrogen (secondary N) is 2. The zero-order chi connectivity index (χ0) is 15.0. The van der Waals surface area contributed by atoms with Crippen molar-refractivity contribution in [3.63, 3.8) is 0 Å². The van der Waals surface area contributed by atoms with Crippen LogP contribution in [0.4, 0.5) is 11.6 Å². The summed E-state index contributed by atoms with van der Waals surface area (Å²) in [4.78, 5) is 33.4. The number of amides is 2. The Kier molecular flexibility index (Phi) is 3.20. The van der Waals surface area contributed by atoms with Gasteiger partial charge in [0.15, 0.2) is 11.5 Å². The number of nitrogens with zero attached hydrogens (tertiary/aromatic N) is 4. The SMILES string of the molecule is CNc1cn2ccnc2c(NC2CCC(=O)N(C)C2=O)n1. The number of carbonyl (C=O) groups excluding carboxylic acids is 2. The lowest BCUT2D eigenvalue weighted by atomic mass is 10.0. The predicted molar refractivity (Wildman–Crippen MR) is 77.0 cm³/mol. The fourth-order valence-electron chi connectivity index (χ4n) is 2.36. The summed E-state index contributed by atoms with van der Waals surface area (Å²) >= 11 is 0. The molecular formula is C13H16N6O2. The number of likely N-dealkylation sites (tertiary alicyclic amines) is 1. The Bertz CT molecular complexity index is 710. The lowest BCUT2D eigenvalue weighted by molar-refractivity contribution is -0.146.